The molecular formula is C24H27N3O3S. The van der Waals surface area contributed by atoms with Crippen molar-refractivity contribution in [3.8, 4) is 0 Å². The number of fused-ring (bicyclic) bond motifs is 2. The molecule has 3 aromatic rings. The summed E-state index contributed by atoms with van der Waals surface area (Å²) in [7, 11) is 1.80. The number of rotatable bonds is 9. The number of carbonyl (C=O) groups is 2. The summed E-state index contributed by atoms with van der Waals surface area (Å²) in [6, 6.07) is 13.3. The molecule has 1 aromatic heterocycles. The lowest BCUT2D eigenvalue weighted by atomic mass is 10.1. The van der Waals surface area contributed by atoms with Gasteiger partial charge in [-0.2, -0.15) is 0 Å². The van der Waals surface area contributed by atoms with E-state index in [-0.39, 0.29) is 16.7 Å². The molecule has 0 spiro atoms. The molecule has 0 saturated heterocycles. The minimum absolute atomic E-state index is 0.0629. The molecule has 4 rings (SSSR count). The van der Waals surface area contributed by atoms with Crippen molar-refractivity contribution in [1.29, 1.82) is 0 Å². The van der Waals surface area contributed by atoms with Gasteiger partial charge in [0.25, 0.3) is 11.8 Å². The van der Waals surface area contributed by atoms with Crippen LogP contribution in [0.1, 0.15) is 46.0 Å². The third kappa shape index (κ3) is 4.34. The number of aromatic nitrogens is 1. The first-order valence-corrected chi connectivity index (χ1v) is 11.6. The number of aryl methyl sites for hydroxylation is 1. The number of imide groups is 1. The van der Waals surface area contributed by atoms with E-state index in [1.54, 1.807) is 35.9 Å². The number of carbonyl (C=O) groups excluding carboxylic acids is 2. The molecule has 1 aliphatic heterocycles. The standard InChI is InChI=1S/C24H27N3O3S/c1-3-12-26(15-11-17-9-10-20-21(16-17)31-24(30)25(20)2)13-6-14-27-22(28)18-7-4-5-8-19(18)23(27)29/h4-5,7-10,16H,3,6,11-15H2,1-2H3. The Morgan fingerprint density at radius 1 is 0.935 bits per heavy atom. The van der Waals surface area contributed by atoms with Crippen LogP contribution in [0.2, 0.25) is 0 Å². The van der Waals surface area contributed by atoms with Gasteiger partial charge in [-0.3, -0.25) is 19.3 Å². The lowest BCUT2D eigenvalue weighted by Gasteiger charge is -2.23. The van der Waals surface area contributed by atoms with Gasteiger partial charge in [-0.05, 0) is 62.2 Å². The molecule has 0 bridgehead atoms. The molecule has 6 nitrogen and oxygen atoms in total. The van der Waals surface area contributed by atoms with E-state index in [1.165, 1.54) is 21.8 Å². The smallest absolute Gasteiger partial charge is 0.303 e. The molecule has 0 atom stereocenters. The summed E-state index contributed by atoms with van der Waals surface area (Å²) in [6.07, 6.45) is 2.70. The summed E-state index contributed by atoms with van der Waals surface area (Å²) in [6.45, 7) is 5.32. The minimum atomic E-state index is -0.183. The molecule has 0 saturated carbocycles. The Bertz CT molecular complexity index is 1150. The number of hydrogen-bond donors (Lipinski definition) is 0. The third-order valence-electron chi connectivity index (χ3n) is 5.85. The van der Waals surface area contributed by atoms with E-state index in [4.69, 9.17) is 0 Å². The zero-order valence-corrected chi connectivity index (χ0v) is 18.8. The molecule has 0 unspecified atom stereocenters. The molecule has 7 heteroatoms. The van der Waals surface area contributed by atoms with E-state index in [9.17, 15) is 14.4 Å². The number of thiazole rings is 1. The summed E-state index contributed by atoms with van der Waals surface area (Å²) < 4.78 is 2.71. The number of hydrogen-bond acceptors (Lipinski definition) is 5. The van der Waals surface area contributed by atoms with Crippen LogP contribution in [0.25, 0.3) is 10.2 Å². The van der Waals surface area contributed by atoms with Crippen LogP contribution < -0.4 is 4.87 Å². The lowest BCUT2D eigenvalue weighted by molar-refractivity contribution is 0.0647. The first-order chi connectivity index (χ1) is 15.0. The average Bonchev–Trinajstić information content (AvgIpc) is 3.19. The second kappa shape index (κ2) is 9.16. The maximum absolute atomic E-state index is 12.5. The van der Waals surface area contributed by atoms with E-state index < -0.39 is 0 Å². The first kappa shape index (κ1) is 21.5. The zero-order valence-electron chi connectivity index (χ0n) is 18.0. The van der Waals surface area contributed by atoms with Crippen molar-refractivity contribution < 1.29 is 9.59 Å². The van der Waals surface area contributed by atoms with Crippen LogP contribution in [-0.4, -0.2) is 52.4 Å². The second-order valence-corrected chi connectivity index (χ2v) is 8.97. The Balaban J connectivity index is 1.33. The van der Waals surface area contributed by atoms with Gasteiger partial charge in [0.15, 0.2) is 0 Å². The van der Waals surface area contributed by atoms with Crippen molar-refractivity contribution in [3.05, 3.63) is 68.8 Å². The fourth-order valence-corrected chi connectivity index (χ4v) is 5.11. The summed E-state index contributed by atoms with van der Waals surface area (Å²) in [4.78, 5) is 40.7. The minimum Gasteiger partial charge on any atom is -0.303 e. The first-order valence-electron chi connectivity index (χ1n) is 10.8. The van der Waals surface area contributed by atoms with Crippen LogP contribution >= 0.6 is 11.3 Å². The van der Waals surface area contributed by atoms with E-state index >= 15 is 0 Å². The quantitative estimate of drug-likeness (QED) is 0.481. The fourth-order valence-electron chi connectivity index (χ4n) is 4.17. The predicted octanol–water partition coefficient (Wildman–Crippen LogP) is 3.54. The van der Waals surface area contributed by atoms with Crippen LogP contribution in [0.15, 0.2) is 47.3 Å². The van der Waals surface area contributed by atoms with Gasteiger partial charge in [0, 0.05) is 20.1 Å². The van der Waals surface area contributed by atoms with Gasteiger partial charge in [0.2, 0.25) is 0 Å². The molecule has 1 aliphatic rings. The van der Waals surface area contributed by atoms with Crippen molar-refractivity contribution in [1.82, 2.24) is 14.4 Å². The van der Waals surface area contributed by atoms with Crippen molar-refractivity contribution in [2.75, 3.05) is 26.2 Å². The average molecular weight is 438 g/mol. The molecule has 0 radical (unpaired) electrons. The van der Waals surface area contributed by atoms with Crippen molar-refractivity contribution >= 4 is 33.4 Å². The van der Waals surface area contributed by atoms with Gasteiger partial charge in [0.1, 0.15) is 0 Å². The van der Waals surface area contributed by atoms with Crippen molar-refractivity contribution in [3.63, 3.8) is 0 Å². The molecule has 162 valence electrons. The maximum atomic E-state index is 12.5. The van der Waals surface area contributed by atoms with Gasteiger partial charge in [-0.1, -0.05) is 36.5 Å². The van der Waals surface area contributed by atoms with Crippen LogP contribution in [0.5, 0.6) is 0 Å². The Morgan fingerprint density at radius 2 is 1.65 bits per heavy atom. The van der Waals surface area contributed by atoms with E-state index in [1.807, 2.05) is 6.07 Å². The summed E-state index contributed by atoms with van der Waals surface area (Å²) in [5.74, 6) is -0.365. The monoisotopic (exact) mass is 437 g/mol. The van der Waals surface area contributed by atoms with Crippen LogP contribution in [0.3, 0.4) is 0 Å². The van der Waals surface area contributed by atoms with Gasteiger partial charge in [-0.15, -0.1) is 0 Å². The highest BCUT2D eigenvalue weighted by atomic mass is 32.1. The van der Waals surface area contributed by atoms with Gasteiger partial charge in [-0.25, -0.2) is 0 Å². The fraction of sp³-hybridized carbons (Fsp3) is 0.375. The van der Waals surface area contributed by atoms with Crippen molar-refractivity contribution in [2.45, 2.75) is 26.2 Å². The van der Waals surface area contributed by atoms with Crippen LogP contribution in [0, 0.1) is 0 Å². The normalized spacial score (nSPS) is 13.6. The summed E-state index contributed by atoms with van der Waals surface area (Å²) in [5.41, 5.74) is 3.22. The SMILES string of the molecule is CCCN(CCCN1C(=O)c2ccccc2C1=O)CCc1ccc2c(c1)sc(=O)n2C. The Hall–Kier alpha value is -2.77. The van der Waals surface area contributed by atoms with E-state index in [0.29, 0.717) is 17.7 Å². The number of benzene rings is 2. The van der Waals surface area contributed by atoms with Crippen LogP contribution in [-0.2, 0) is 13.5 Å². The largest absolute Gasteiger partial charge is 0.307 e. The van der Waals surface area contributed by atoms with Gasteiger partial charge >= 0.3 is 4.87 Å². The molecule has 31 heavy (non-hydrogen) atoms. The molecule has 2 amide bonds. The zero-order chi connectivity index (χ0) is 22.0. The Morgan fingerprint density at radius 3 is 2.32 bits per heavy atom. The predicted molar refractivity (Wildman–Crippen MR) is 124 cm³/mol. The second-order valence-electron chi connectivity index (χ2n) is 7.98. The molecular weight excluding hydrogens is 410 g/mol. The van der Waals surface area contributed by atoms with Gasteiger partial charge in [0.05, 0.1) is 21.3 Å². The van der Waals surface area contributed by atoms with E-state index in [2.05, 4.69) is 24.0 Å². The van der Waals surface area contributed by atoms with Gasteiger partial charge < -0.3 is 9.47 Å². The Kier molecular flexibility index (Phi) is 6.34. The number of amides is 2. The topological polar surface area (TPSA) is 62.6 Å². The maximum Gasteiger partial charge on any atom is 0.307 e. The lowest BCUT2D eigenvalue weighted by Crippen LogP contribution is -2.34. The van der Waals surface area contributed by atoms with E-state index in [0.717, 1.165) is 49.1 Å². The highest BCUT2D eigenvalue weighted by Crippen LogP contribution is 2.22. The molecule has 0 aliphatic carbocycles. The molecule has 2 aromatic carbocycles. The highest BCUT2D eigenvalue weighted by Gasteiger charge is 2.34. The van der Waals surface area contributed by atoms with Crippen LogP contribution in [0.4, 0.5) is 0 Å². The Labute approximate surface area is 185 Å². The highest BCUT2D eigenvalue weighted by molar-refractivity contribution is 7.16. The molecule has 2 heterocycles. The summed E-state index contributed by atoms with van der Waals surface area (Å²) >= 11 is 1.29. The molecule has 0 fully saturated rings. The molecule has 0 N–H and O–H groups in total. The summed E-state index contributed by atoms with van der Waals surface area (Å²) in [5, 5.41) is 0. The third-order valence-corrected chi connectivity index (χ3v) is 6.84. The van der Waals surface area contributed by atoms with Crippen molar-refractivity contribution in [2.24, 2.45) is 7.05 Å². The number of nitrogens with zero attached hydrogens (tertiary/aromatic N) is 3.